The maximum Gasteiger partial charge on any atom is 0.128 e. The summed E-state index contributed by atoms with van der Waals surface area (Å²) in [6.07, 6.45) is 0. The van der Waals surface area contributed by atoms with E-state index in [9.17, 15) is 0 Å². The first-order chi connectivity index (χ1) is 11.6. The molecule has 0 bridgehead atoms. The molecule has 0 spiro atoms. The summed E-state index contributed by atoms with van der Waals surface area (Å²) in [5.41, 5.74) is 6.70. The van der Waals surface area contributed by atoms with E-state index in [0.717, 1.165) is 5.75 Å². The Kier molecular flexibility index (Phi) is 4.78. The van der Waals surface area contributed by atoms with Gasteiger partial charge in [0.05, 0.1) is 0 Å². The average molecular weight is 446 g/mol. The van der Waals surface area contributed by atoms with Crippen LogP contribution in [0.2, 0.25) is 0 Å². The van der Waals surface area contributed by atoms with Crippen molar-refractivity contribution in [3.8, 4) is 5.75 Å². The zero-order chi connectivity index (χ0) is 18.4. The first-order valence-electron chi connectivity index (χ1n) is 8.85. The second-order valence-electron chi connectivity index (χ2n) is 8.83. The van der Waals surface area contributed by atoms with E-state index in [1.807, 2.05) is 0 Å². The summed E-state index contributed by atoms with van der Waals surface area (Å²) < 4.78 is 7.46. The molecule has 0 unspecified atom stereocenters. The van der Waals surface area contributed by atoms with Crippen LogP contribution in [0.5, 0.6) is 5.75 Å². The molecular formula is C23H27IO. The smallest absolute Gasteiger partial charge is 0.128 e. The van der Waals surface area contributed by atoms with E-state index in [-0.39, 0.29) is 10.8 Å². The van der Waals surface area contributed by atoms with Crippen LogP contribution in [0.4, 0.5) is 0 Å². The van der Waals surface area contributed by atoms with Gasteiger partial charge < -0.3 is 4.74 Å². The molecule has 1 nitrogen and oxygen atoms in total. The van der Waals surface area contributed by atoms with Crippen molar-refractivity contribution in [3.63, 3.8) is 0 Å². The lowest BCUT2D eigenvalue weighted by Crippen LogP contribution is -2.21. The molecule has 132 valence electrons. The molecule has 2 heteroatoms. The largest absolute Gasteiger partial charge is 0.488 e. The van der Waals surface area contributed by atoms with Crippen molar-refractivity contribution in [2.24, 2.45) is 0 Å². The van der Waals surface area contributed by atoms with Gasteiger partial charge >= 0.3 is 0 Å². The van der Waals surface area contributed by atoms with E-state index < -0.39 is 0 Å². The topological polar surface area (TPSA) is 9.23 Å². The van der Waals surface area contributed by atoms with Crippen molar-refractivity contribution in [1.29, 1.82) is 0 Å². The monoisotopic (exact) mass is 446 g/mol. The highest BCUT2D eigenvalue weighted by Gasteiger charge is 2.30. The summed E-state index contributed by atoms with van der Waals surface area (Å²) in [7, 11) is 0. The number of benzene rings is 2. The molecule has 0 radical (unpaired) electrons. The van der Waals surface area contributed by atoms with E-state index in [1.165, 1.54) is 31.4 Å². The zero-order valence-corrected chi connectivity index (χ0v) is 18.2. The van der Waals surface area contributed by atoms with Gasteiger partial charge in [-0.2, -0.15) is 0 Å². The number of fused-ring (bicyclic) bond motifs is 1. The van der Waals surface area contributed by atoms with E-state index in [2.05, 4.69) is 107 Å². The van der Waals surface area contributed by atoms with Crippen LogP contribution in [-0.2, 0) is 10.8 Å². The number of halogens is 1. The fourth-order valence-corrected chi connectivity index (χ4v) is 4.00. The van der Waals surface area contributed by atoms with Crippen LogP contribution in [0, 0.1) is 0 Å². The lowest BCUT2D eigenvalue weighted by atomic mass is 9.75. The van der Waals surface area contributed by atoms with Gasteiger partial charge in [-0.15, -0.1) is 0 Å². The molecule has 0 fully saturated rings. The Morgan fingerprint density at radius 1 is 0.880 bits per heavy atom. The Bertz CT molecular complexity index is 818. The quantitative estimate of drug-likeness (QED) is 0.435. The molecule has 1 aliphatic heterocycles. The van der Waals surface area contributed by atoms with Crippen molar-refractivity contribution < 1.29 is 4.74 Å². The van der Waals surface area contributed by atoms with Crippen LogP contribution in [0.3, 0.4) is 0 Å². The Balaban J connectivity index is 2.34. The molecule has 1 heterocycles. The fraction of sp³-hybridized carbons (Fsp3) is 0.391. The molecule has 0 aromatic heterocycles. The van der Waals surface area contributed by atoms with Gasteiger partial charge in [0.1, 0.15) is 12.4 Å². The van der Waals surface area contributed by atoms with Gasteiger partial charge in [0.2, 0.25) is 0 Å². The fourth-order valence-electron chi connectivity index (χ4n) is 3.27. The highest BCUT2D eigenvalue weighted by molar-refractivity contribution is 14.1. The summed E-state index contributed by atoms with van der Waals surface area (Å²) in [5.74, 6) is 1.02. The number of hydrogen-bond donors (Lipinski definition) is 0. The maximum absolute atomic E-state index is 6.19. The van der Waals surface area contributed by atoms with Crippen LogP contribution in [0.1, 0.15) is 63.8 Å². The van der Waals surface area contributed by atoms with Crippen LogP contribution in [-0.4, -0.2) is 6.61 Å². The third-order valence-corrected chi connectivity index (χ3v) is 5.57. The van der Waals surface area contributed by atoms with Gasteiger partial charge in [-0.3, -0.25) is 0 Å². The highest BCUT2D eigenvalue weighted by atomic mass is 127. The Morgan fingerprint density at radius 2 is 1.52 bits per heavy atom. The third-order valence-electron chi connectivity index (χ3n) is 4.71. The highest BCUT2D eigenvalue weighted by Crippen LogP contribution is 2.46. The van der Waals surface area contributed by atoms with Gasteiger partial charge in [-0.05, 0) is 56.2 Å². The molecule has 25 heavy (non-hydrogen) atoms. The van der Waals surface area contributed by atoms with Crippen molar-refractivity contribution in [3.05, 3.63) is 68.3 Å². The summed E-state index contributed by atoms with van der Waals surface area (Å²) in [5, 5.41) is 0. The van der Waals surface area contributed by atoms with Crippen LogP contribution < -0.4 is 4.74 Å². The zero-order valence-electron chi connectivity index (χ0n) is 16.0. The first kappa shape index (κ1) is 18.5. The second-order valence-corrected chi connectivity index (χ2v) is 10.1. The van der Waals surface area contributed by atoms with E-state index in [0.29, 0.717) is 6.61 Å². The minimum Gasteiger partial charge on any atom is -0.488 e. The summed E-state index contributed by atoms with van der Waals surface area (Å²) >= 11 is 2.44. The standard InChI is InChI=1S/C23H27IO/c1-22(2,3)16-12-17(23(4,5)6)21-19(13-16)25-14-18(24)20(21)15-10-8-7-9-11-15/h7-13H,14H2,1-6H3. The Labute approximate surface area is 165 Å². The molecule has 0 saturated heterocycles. The Hall–Kier alpha value is -1.29. The Morgan fingerprint density at radius 3 is 2.08 bits per heavy atom. The predicted molar refractivity (Wildman–Crippen MR) is 116 cm³/mol. The molecular weight excluding hydrogens is 419 g/mol. The molecule has 0 amide bonds. The van der Waals surface area contributed by atoms with Crippen molar-refractivity contribution in [2.45, 2.75) is 52.4 Å². The second kappa shape index (κ2) is 6.46. The minimum absolute atomic E-state index is 0.0446. The number of hydrogen-bond acceptors (Lipinski definition) is 1. The van der Waals surface area contributed by atoms with Gasteiger partial charge in [-0.1, -0.05) is 77.9 Å². The van der Waals surface area contributed by atoms with Crippen molar-refractivity contribution >= 4 is 28.2 Å². The summed E-state index contributed by atoms with van der Waals surface area (Å²) in [4.78, 5) is 0. The van der Waals surface area contributed by atoms with Crippen molar-refractivity contribution in [1.82, 2.24) is 0 Å². The predicted octanol–water partition coefficient (Wildman–Crippen LogP) is 6.87. The maximum atomic E-state index is 6.19. The van der Waals surface area contributed by atoms with Crippen LogP contribution >= 0.6 is 22.6 Å². The van der Waals surface area contributed by atoms with Gasteiger partial charge in [0.25, 0.3) is 0 Å². The van der Waals surface area contributed by atoms with Crippen molar-refractivity contribution in [2.75, 3.05) is 6.61 Å². The molecule has 2 aromatic rings. The normalized spacial score (nSPS) is 15.0. The van der Waals surface area contributed by atoms with Gasteiger partial charge in [-0.25, -0.2) is 0 Å². The number of rotatable bonds is 1. The van der Waals surface area contributed by atoms with Crippen LogP contribution in [0.15, 0.2) is 46.0 Å². The summed E-state index contributed by atoms with van der Waals surface area (Å²) in [6, 6.07) is 15.3. The van der Waals surface area contributed by atoms with Gasteiger partial charge in [0.15, 0.2) is 0 Å². The number of ether oxygens (including phenoxy) is 1. The first-order valence-corrected chi connectivity index (χ1v) is 9.93. The molecule has 0 aliphatic carbocycles. The van der Waals surface area contributed by atoms with E-state index in [1.54, 1.807) is 0 Å². The minimum atomic E-state index is 0.0446. The van der Waals surface area contributed by atoms with E-state index in [4.69, 9.17) is 4.74 Å². The third kappa shape index (κ3) is 3.64. The van der Waals surface area contributed by atoms with Crippen LogP contribution in [0.25, 0.3) is 5.57 Å². The molecule has 1 aliphatic rings. The molecule has 2 aromatic carbocycles. The lowest BCUT2D eigenvalue weighted by molar-refractivity contribution is 0.352. The molecule has 0 atom stereocenters. The molecule has 3 rings (SSSR count). The van der Waals surface area contributed by atoms with Gasteiger partial charge in [0, 0.05) is 14.7 Å². The summed E-state index contributed by atoms with van der Waals surface area (Å²) in [6.45, 7) is 14.3. The molecule has 0 saturated carbocycles. The average Bonchev–Trinajstić information content (AvgIpc) is 2.52. The lowest BCUT2D eigenvalue weighted by Gasteiger charge is -2.33. The van der Waals surface area contributed by atoms with E-state index >= 15 is 0 Å². The molecule has 0 N–H and O–H groups in total. The SMILES string of the molecule is CC(C)(C)c1cc2c(c(C(C)(C)C)c1)C(c1ccccc1)=C(I)CO2.